The van der Waals surface area contributed by atoms with Crippen LogP contribution in [0.2, 0.25) is 0 Å². The number of aromatic nitrogens is 1. The molecular formula is C20H21NO3S2. The van der Waals surface area contributed by atoms with Gasteiger partial charge in [0, 0.05) is 10.9 Å². The molecule has 0 amide bonds. The maximum atomic E-state index is 12.5. The fourth-order valence-corrected chi connectivity index (χ4v) is 5.02. The summed E-state index contributed by atoms with van der Waals surface area (Å²) >= 11 is 1.45. The van der Waals surface area contributed by atoms with Crippen molar-refractivity contribution in [3.05, 3.63) is 70.7 Å². The molecule has 3 rings (SSSR count). The van der Waals surface area contributed by atoms with E-state index in [2.05, 4.69) is 4.98 Å². The van der Waals surface area contributed by atoms with E-state index in [9.17, 15) is 8.42 Å². The minimum Gasteiger partial charge on any atom is -0.494 e. The fourth-order valence-electron chi connectivity index (χ4n) is 2.70. The standard InChI is InChI=1S/C20H21NO3S2/c1-3-24-19-9-7-17(8-10-19)20-21-18(12-25-20)14-26(22,23)13-16-6-4-5-15(2)11-16/h4-12H,3,13-14H2,1-2H3. The molecule has 0 bridgehead atoms. The molecule has 0 N–H and O–H groups in total. The van der Waals surface area contributed by atoms with Gasteiger partial charge in [-0.05, 0) is 43.7 Å². The molecule has 0 atom stereocenters. The Morgan fingerprint density at radius 1 is 1.08 bits per heavy atom. The third-order valence-electron chi connectivity index (χ3n) is 3.80. The highest BCUT2D eigenvalue weighted by Gasteiger charge is 2.16. The average molecular weight is 388 g/mol. The van der Waals surface area contributed by atoms with Gasteiger partial charge in [-0.3, -0.25) is 0 Å². The molecule has 3 aromatic rings. The number of sulfone groups is 1. The summed E-state index contributed by atoms with van der Waals surface area (Å²) in [5, 5.41) is 2.63. The quantitative estimate of drug-likeness (QED) is 0.593. The van der Waals surface area contributed by atoms with Crippen LogP contribution in [0.15, 0.2) is 53.9 Å². The Bertz CT molecular complexity index is 976. The number of aryl methyl sites for hydroxylation is 1. The van der Waals surface area contributed by atoms with Crippen LogP contribution in [0.5, 0.6) is 5.75 Å². The predicted molar refractivity (Wildman–Crippen MR) is 106 cm³/mol. The van der Waals surface area contributed by atoms with Crippen LogP contribution in [0.4, 0.5) is 0 Å². The van der Waals surface area contributed by atoms with Crippen molar-refractivity contribution >= 4 is 21.2 Å². The van der Waals surface area contributed by atoms with Crippen molar-refractivity contribution in [1.29, 1.82) is 0 Å². The van der Waals surface area contributed by atoms with E-state index in [4.69, 9.17) is 4.74 Å². The summed E-state index contributed by atoms with van der Waals surface area (Å²) in [5.74, 6) is 0.799. The lowest BCUT2D eigenvalue weighted by Gasteiger charge is -2.04. The second-order valence-corrected chi connectivity index (χ2v) is 9.05. The minimum absolute atomic E-state index is 0.0323. The second kappa shape index (κ2) is 8.01. The topological polar surface area (TPSA) is 56.3 Å². The summed E-state index contributed by atoms with van der Waals surface area (Å²) in [6, 6.07) is 15.3. The molecule has 1 aromatic heterocycles. The Balaban J connectivity index is 1.71. The third-order valence-corrected chi connectivity index (χ3v) is 6.25. The minimum atomic E-state index is -3.26. The predicted octanol–water partition coefficient (Wildman–Crippen LogP) is 4.63. The molecule has 0 unspecified atom stereocenters. The van der Waals surface area contributed by atoms with E-state index < -0.39 is 9.84 Å². The molecule has 0 fully saturated rings. The van der Waals surface area contributed by atoms with Crippen LogP contribution in [0, 0.1) is 6.92 Å². The maximum Gasteiger partial charge on any atom is 0.160 e. The van der Waals surface area contributed by atoms with Crippen molar-refractivity contribution < 1.29 is 13.2 Å². The molecule has 0 aliphatic rings. The first-order valence-corrected chi connectivity index (χ1v) is 11.1. The van der Waals surface area contributed by atoms with Gasteiger partial charge >= 0.3 is 0 Å². The molecule has 0 saturated carbocycles. The number of nitrogens with zero attached hydrogens (tertiary/aromatic N) is 1. The normalized spacial score (nSPS) is 11.5. The summed E-state index contributed by atoms with van der Waals surface area (Å²) in [7, 11) is -3.26. The molecule has 0 spiro atoms. The molecule has 0 aliphatic heterocycles. The number of thiazole rings is 1. The van der Waals surface area contributed by atoms with Crippen LogP contribution in [0.3, 0.4) is 0 Å². The Labute approximate surface area is 158 Å². The van der Waals surface area contributed by atoms with Gasteiger partial charge in [-0.1, -0.05) is 29.8 Å². The maximum absolute atomic E-state index is 12.5. The van der Waals surface area contributed by atoms with E-state index in [-0.39, 0.29) is 11.5 Å². The van der Waals surface area contributed by atoms with Gasteiger partial charge in [0.1, 0.15) is 10.8 Å². The van der Waals surface area contributed by atoms with E-state index in [1.165, 1.54) is 11.3 Å². The Morgan fingerprint density at radius 3 is 2.54 bits per heavy atom. The molecule has 0 radical (unpaired) electrons. The molecule has 26 heavy (non-hydrogen) atoms. The highest BCUT2D eigenvalue weighted by Crippen LogP contribution is 2.27. The molecular weight excluding hydrogens is 366 g/mol. The van der Waals surface area contributed by atoms with Crippen LogP contribution in [-0.2, 0) is 21.3 Å². The summed E-state index contributed by atoms with van der Waals surface area (Å²) in [5.41, 5.74) is 3.42. The van der Waals surface area contributed by atoms with Crippen molar-refractivity contribution in [3.8, 4) is 16.3 Å². The molecule has 6 heteroatoms. The lowest BCUT2D eigenvalue weighted by molar-refractivity contribution is 0.340. The summed E-state index contributed by atoms with van der Waals surface area (Å²) in [6.45, 7) is 4.53. The van der Waals surface area contributed by atoms with E-state index >= 15 is 0 Å². The Morgan fingerprint density at radius 2 is 1.85 bits per heavy atom. The van der Waals surface area contributed by atoms with Gasteiger partial charge in [-0.2, -0.15) is 0 Å². The number of hydrogen-bond acceptors (Lipinski definition) is 5. The summed E-state index contributed by atoms with van der Waals surface area (Å²) in [4.78, 5) is 4.50. The molecule has 4 nitrogen and oxygen atoms in total. The van der Waals surface area contributed by atoms with E-state index in [1.54, 1.807) is 0 Å². The number of hydrogen-bond donors (Lipinski definition) is 0. The number of benzene rings is 2. The summed E-state index contributed by atoms with van der Waals surface area (Å²) in [6.07, 6.45) is 0. The van der Waals surface area contributed by atoms with Crippen molar-refractivity contribution in [1.82, 2.24) is 4.98 Å². The molecule has 0 aliphatic carbocycles. The van der Waals surface area contributed by atoms with E-state index in [0.29, 0.717) is 12.3 Å². The zero-order valence-electron chi connectivity index (χ0n) is 14.8. The average Bonchev–Trinajstić information content (AvgIpc) is 3.03. The van der Waals surface area contributed by atoms with Gasteiger partial charge < -0.3 is 4.74 Å². The Hall–Kier alpha value is -2.18. The highest BCUT2D eigenvalue weighted by molar-refractivity contribution is 7.89. The van der Waals surface area contributed by atoms with Crippen LogP contribution < -0.4 is 4.74 Å². The van der Waals surface area contributed by atoms with Crippen molar-refractivity contribution in [2.45, 2.75) is 25.4 Å². The fraction of sp³-hybridized carbons (Fsp3) is 0.250. The lowest BCUT2D eigenvalue weighted by atomic mass is 10.2. The first-order valence-electron chi connectivity index (χ1n) is 8.39. The highest BCUT2D eigenvalue weighted by atomic mass is 32.2. The summed E-state index contributed by atoms with van der Waals surface area (Å²) < 4.78 is 30.4. The third kappa shape index (κ3) is 4.93. The zero-order chi connectivity index (χ0) is 18.6. The van der Waals surface area contributed by atoms with Gasteiger partial charge in [-0.15, -0.1) is 11.3 Å². The largest absolute Gasteiger partial charge is 0.494 e. The first-order chi connectivity index (χ1) is 12.4. The van der Waals surface area contributed by atoms with Crippen LogP contribution in [0.1, 0.15) is 23.7 Å². The van der Waals surface area contributed by atoms with Gasteiger partial charge in [0.2, 0.25) is 0 Å². The first kappa shape index (κ1) is 18.6. The molecule has 0 saturated heterocycles. The van der Waals surface area contributed by atoms with E-state index in [1.807, 2.05) is 67.8 Å². The second-order valence-electron chi connectivity index (χ2n) is 6.12. The van der Waals surface area contributed by atoms with Crippen molar-refractivity contribution in [2.75, 3.05) is 6.61 Å². The zero-order valence-corrected chi connectivity index (χ0v) is 16.4. The number of rotatable bonds is 7. The van der Waals surface area contributed by atoms with Crippen LogP contribution in [-0.4, -0.2) is 20.0 Å². The van der Waals surface area contributed by atoms with Crippen LogP contribution in [0.25, 0.3) is 10.6 Å². The van der Waals surface area contributed by atoms with Crippen molar-refractivity contribution in [3.63, 3.8) is 0 Å². The van der Waals surface area contributed by atoms with Crippen LogP contribution >= 0.6 is 11.3 Å². The van der Waals surface area contributed by atoms with E-state index in [0.717, 1.165) is 27.4 Å². The van der Waals surface area contributed by atoms with Gasteiger partial charge in [0.15, 0.2) is 9.84 Å². The van der Waals surface area contributed by atoms with Crippen molar-refractivity contribution in [2.24, 2.45) is 0 Å². The molecule has 2 aromatic carbocycles. The van der Waals surface area contributed by atoms with Gasteiger partial charge in [0.05, 0.1) is 23.8 Å². The molecule has 136 valence electrons. The Kier molecular flexibility index (Phi) is 5.74. The van der Waals surface area contributed by atoms with Gasteiger partial charge in [-0.25, -0.2) is 13.4 Å². The van der Waals surface area contributed by atoms with Gasteiger partial charge in [0.25, 0.3) is 0 Å². The molecule has 1 heterocycles. The number of ether oxygens (including phenoxy) is 1. The smallest absolute Gasteiger partial charge is 0.160 e. The monoisotopic (exact) mass is 387 g/mol. The SMILES string of the molecule is CCOc1ccc(-c2nc(CS(=O)(=O)Cc3cccc(C)c3)cs2)cc1. The lowest BCUT2D eigenvalue weighted by Crippen LogP contribution is -2.08.